The Labute approximate surface area is 122 Å². The van der Waals surface area contributed by atoms with Crippen molar-refractivity contribution in [3.8, 4) is 0 Å². The van der Waals surface area contributed by atoms with Gasteiger partial charge < -0.3 is 5.73 Å². The molecule has 2 heterocycles. The molecule has 0 bridgehead atoms. The lowest BCUT2D eigenvalue weighted by Gasteiger charge is -2.10. The molecule has 108 valence electrons. The zero-order chi connectivity index (χ0) is 14.6. The SMILES string of the molecule is CC(CNS(=O)(=O)c1ccc(CN)cn1)c1nccs1. The lowest BCUT2D eigenvalue weighted by atomic mass is 10.2. The van der Waals surface area contributed by atoms with Gasteiger partial charge in [0.25, 0.3) is 10.0 Å². The molecule has 2 aromatic rings. The van der Waals surface area contributed by atoms with Gasteiger partial charge in [0.2, 0.25) is 0 Å². The van der Waals surface area contributed by atoms with Crippen molar-refractivity contribution in [2.75, 3.05) is 6.54 Å². The van der Waals surface area contributed by atoms with Gasteiger partial charge in [-0.25, -0.2) is 23.1 Å². The molecule has 0 saturated carbocycles. The van der Waals surface area contributed by atoms with Crippen LogP contribution in [-0.4, -0.2) is 24.9 Å². The number of nitrogens with two attached hydrogens (primary N) is 1. The summed E-state index contributed by atoms with van der Waals surface area (Å²) in [4.78, 5) is 8.08. The fourth-order valence-electron chi connectivity index (χ4n) is 1.56. The van der Waals surface area contributed by atoms with Crippen LogP contribution in [0.3, 0.4) is 0 Å². The standard InChI is InChI=1S/C12H16N4O2S2/c1-9(12-14-4-5-19-12)7-16-20(17,18)11-3-2-10(6-13)8-15-11/h2-5,8-9,16H,6-7,13H2,1H3. The van der Waals surface area contributed by atoms with E-state index in [0.29, 0.717) is 6.54 Å². The summed E-state index contributed by atoms with van der Waals surface area (Å²) in [6.07, 6.45) is 3.18. The van der Waals surface area contributed by atoms with Crippen LogP contribution in [0.5, 0.6) is 0 Å². The number of hydrogen-bond donors (Lipinski definition) is 2. The van der Waals surface area contributed by atoms with E-state index in [-0.39, 0.29) is 17.5 Å². The molecule has 0 aliphatic heterocycles. The summed E-state index contributed by atoms with van der Waals surface area (Å²) in [6, 6.07) is 3.12. The minimum Gasteiger partial charge on any atom is -0.326 e. The van der Waals surface area contributed by atoms with E-state index in [1.165, 1.54) is 23.6 Å². The van der Waals surface area contributed by atoms with Gasteiger partial charge in [-0.05, 0) is 11.6 Å². The first-order valence-corrected chi connectivity index (χ1v) is 8.43. The molecule has 0 fully saturated rings. The van der Waals surface area contributed by atoms with E-state index in [9.17, 15) is 8.42 Å². The van der Waals surface area contributed by atoms with Crippen LogP contribution in [0.1, 0.15) is 23.4 Å². The van der Waals surface area contributed by atoms with Gasteiger partial charge in [0.15, 0.2) is 5.03 Å². The summed E-state index contributed by atoms with van der Waals surface area (Å²) in [6.45, 7) is 2.55. The van der Waals surface area contributed by atoms with Crippen LogP contribution in [0.4, 0.5) is 0 Å². The molecule has 0 aliphatic rings. The summed E-state index contributed by atoms with van der Waals surface area (Å²) >= 11 is 1.51. The predicted molar refractivity (Wildman–Crippen MR) is 77.8 cm³/mol. The van der Waals surface area contributed by atoms with Crippen LogP contribution >= 0.6 is 11.3 Å². The normalized spacial score (nSPS) is 13.3. The number of nitrogens with zero attached hydrogens (tertiary/aromatic N) is 2. The predicted octanol–water partition coefficient (Wildman–Crippen LogP) is 1.08. The van der Waals surface area contributed by atoms with E-state index in [1.54, 1.807) is 12.3 Å². The molecule has 2 aromatic heterocycles. The smallest absolute Gasteiger partial charge is 0.258 e. The topological polar surface area (TPSA) is 98.0 Å². The van der Waals surface area contributed by atoms with Crippen molar-refractivity contribution in [1.82, 2.24) is 14.7 Å². The Morgan fingerprint density at radius 1 is 1.40 bits per heavy atom. The molecule has 3 N–H and O–H groups in total. The molecule has 0 spiro atoms. The summed E-state index contributed by atoms with van der Waals surface area (Å²) in [5.41, 5.74) is 6.24. The molecule has 6 nitrogen and oxygen atoms in total. The molecule has 0 amide bonds. The third-order valence-electron chi connectivity index (χ3n) is 2.76. The number of pyridine rings is 1. The van der Waals surface area contributed by atoms with Gasteiger partial charge in [0.1, 0.15) is 0 Å². The van der Waals surface area contributed by atoms with E-state index in [0.717, 1.165) is 10.6 Å². The quantitative estimate of drug-likeness (QED) is 0.831. The number of hydrogen-bond acceptors (Lipinski definition) is 6. The second-order valence-corrected chi connectivity index (χ2v) is 6.97. The molecule has 0 radical (unpaired) electrons. The van der Waals surface area contributed by atoms with E-state index < -0.39 is 10.0 Å². The Morgan fingerprint density at radius 2 is 2.20 bits per heavy atom. The summed E-state index contributed by atoms with van der Waals surface area (Å²) in [5, 5.41) is 2.77. The third kappa shape index (κ3) is 3.60. The zero-order valence-corrected chi connectivity index (χ0v) is 12.6. The minimum absolute atomic E-state index is 0.000962. The van der Waals surface area contributed by atoms with Crippen molar-refractivity contribution < 1.29 is 8.42 Å². The molecule has 20 heavy (non-hydrogen) atoms. The maximum atomic E-state index is 12.1. The first kappa shape index (κ1) is 15.0. The average molecular weight is 312 g/mol. The van der Waals surface area contributed by atoms with Crippen molar-refractivity contribution >= 4 is 21.4 Å². The first-order chi connectivity index (χ1) is 9.53. The Bertz CT molecular complexity index is 639. The number of rotatable bonds is 6. The number of thiazole rings is 1. The van der Waals surface area contributed by atoms with E-state index in [1.807, 2.05) is 12.3 Å². The second-order valence-electron chi connectivity index (χ2n) is 4.33. The highest BCUT2D eigenvalue weighted by Gasteiger charge is 2.18. The van der Waals surface area contributed by atoms with Gasteiger partial charge in [0, 0.05) is 36.8 Å². The van der Waals surface area contributed by atoms with Crippen LogP contribution in [0.25, 0.3) is 0 Å². The summed E-state index contributed by atoms with van der Waals surface area (Å²) in [5.74, 6) is 0.0214. The Hall–Kier alpha value is -1.35. The largest absolute Gasteiger partial charge is 0.326 e. The summed E-state index contributed by atoms with van der Waals surface area (Å²) < 4.78 is 26.7. The fraction of sp³-hybridized carbons (Fsp3) is 0.333. The van der Waals surface area contributed by atoms with Crippen molar-refractivity contribution in [2.45, 2.75) is 24.4 Å². The molecule has 1 unspecified atom stereocenters. The molecular weight excluding hydrogens is 296 g/mol. The highest BCUT2D eigenvalue weighted by molar-refractivity contribution is 7.89. The van der Waals surface area contributed by atoms with Crippen LogP contribution in [0.2, 0.25) is 0 Å². The summed E-state index contributed by atoms with van der Waals surface area (Å²) in [7, 11) is -3.60. The van der Waals surface area contributed by atoms with Crippen molar-refractivity contribution in [1.29, 1.82) is 0 Å². The molecule has 8 heteroatoms. The first-order valence-electron chi connectivity index (χ1n) is 6.07. The highest BCUT2D eigenvalue weighted by atomic mass is 32.2. The number of sulfonamides is 1. The average Bonchev–Trinajstić information content (AvgIpc) is 2.99. The van der Waals surface area contributed by atoms with Crippen LogP contribution in [0.15, 0.2) is 34.9 Å². The highest BCUT2D eigenvalue weighted by Crippen LogP contribution is 2.17. The number of aromatic nitrogens is 2. The molecule has 2 rings (SSSR count). The van der Waals surface area contributed by atoms with E-state index in [4.69, 9.17) is 5.73 Å². The fourth-order valence-corrected chi connectivity index (χ4v) is 3.32. The Kier molecular flexibility index (Phi) is 4.81. The van der Waals surface area contributed by atoms with Gasteiger partial charge >= 0.3 is 0 Å². The van der Waals surface area contributed by atoms with Gasteiger partial charge in [-0.1, -0.05) is 13.0 Å². The Morgan fingerprint density at radius 3 is 2.75 bits per heavy atom. The molecular formula is C12H16N4O2S2. The van der Waals surface area contributed by atoms with Gasteiger partial charge in [-0.3, -0.25) is 0 Å². The van der Waals surface area contributed by atoms with Crippen molar-refractivity contribution in [2.24, 2.45) is 5.73 Å². The molecule has 0 saturated heterocycles. The van der Waals surface area contributed by atoms with Gasteiger partial charge in [-0.15, -0.1) is 11.3 Å². The third-order valence-corrected chi connectivity index (χ3v) is 5.11. The van der Waals surface area contributed by atoms with Crippen LogP contribution in [0, 0.1) is 0 Å². The molecule has 0 aromatic carbocycles. The zero-order valence-electron chi connectivity index (χ0n) is 11.0. The lowest BCUT2D eigenvalue weighted by molar-refractivity contribution is 0.571. The molecule has 1 atom stereocenters. The van der Waals surface area contributed by atoms with Gasteiger partial charge in [0.05, 0.1) is 5.01 Å². The van der Waals surface area contributed by atoms with Crippen LogP contribution < -0.4 is 10.5 Å². The number of nitrogens with one attached hydrogen (secondary N) is 1. The lowest BCUT2D eigenvalue weighted by Crippen LogP contribution is -2.28. The van der Waals surface area contributed by atoms with E-state index >= 15 is 0 Å². The van der Waals surface area contributed by atoms with Crippen LogP contribution in [-0.2, 0) is 16.6 Å². The second kappa shape index (κ2) is 6.40. The maximum absolute atomic E-state index is 12.1. The Balaban J connectivity index is 2.03. The van der Waals surface area contributed by atoms with Crippen molar-refractivity contribution in [3.05, 3.63) is 40.5 Å². The minimum atomic E-state index is -3.60. The monoisotopic (exact) mass is 312 g/mol. The van der Waals surface area contributed by atoms with Crippen molar-refractivity contribution in [3.63, 3.8) is 0 Å². The van der Waals surface area contributed by atoms with E-state index in [2.05, 4.69) is 14.7 Å². The maximum Gasteiger partial charge on any atom is 0.258 e. The van der Waals surface area contributed by atoms with Gasteiger partial charge in [-0.2, -0.15) is 0 Å². The molecule has 0 aliphatic carbocycles.